The highest BCUT2D eigenvalue weighted by Gasteiger charge is 2.05. The van der Waals surface area contributed by atoms with E-state index in [9.17, 15) is 4.79 Å². The molecule has 0 bridgehead atoms. The van der Waals surface area contributed by atoms with Crippen molar-refractivity contribution in [1.29, 1.82) is 0 Å². The Morgan fingerprint density at radius 2 is 2.07 bits per heavy atom. The van der Waals surface area contributed by atoms with Crippen molar-refractivity contribution >= 4 is 5.91 Å². The number of carbonyl (C=O) groups is 1. The summed E-state index contributed by atoms with van der Waals surface area (Å²) in [6, 6.07) is 0. The van der Waals surface area contributed by atoms with E-state index in [1.807, 2.05) is 25.2 Å². The van der Waals surface area contributed by atoms with Crippen molar-refractivity contribution in [3.8, 4) is 0 Å². The van der Waals surface area contributed by atoms with Crippen LogP contribution in [0.3, 0.4) is 0 Å². The number of nitrogens with zero attached hydrogens (tertiary/aromatic N) is 1. The second-order valence-corrected chi connectivity index (χ2v) is 3.27. The van der Waals surface area contributed by atoms with Gasteiger partial charge in [-0.25, -0.2) is 5.06 Å². The van der Waals surface area contributed by atoms with Gasteiger partial charge in [0.15, 0.2) is 0 Å². The van der Waals surface area contributed by atoms with Crippen molar-refractivity contribution in [2.45, 2.75) is 32.6 Å². The molecule has 0 aliphatic carbocycles. The molecule has 0 fully saturated rings. The van der Waals surface area contributed by atoms with Crippen LogP contribution in [0.4, 0.5) is 0 Å². The van der Waals surface area contributed by atoms with E-state index in [4.69, 9.17) is 4.84 Å². The lowest BCUT2D eigenvalue weighted by Gasteiger charge is -2.12. The van der Waals surface area contributed by atoms with Gasteiger partial charge in [0.2, 0.25) is 5.91 Å². The molecule has 0 aromatic rings. The zero-order chi connectivity index (χ0) is 11.5. The Balaban J connectivity index is 3.42. The monoisotopic (exact) mass is 211 g/mol. The van der Waals surface area contributed by atoms with Crippen LogP contribution in [0.5, 0.6) is 0 Å². The molecule has 0 N–H and O–H groups in total. The third kappa shape index (κ3) is 7.94. The van der Waals surface area contributed by atoms with E-state index >= 15 is 0 Å². The summed E-state index contributed by atoms with van der Waals surface area (Å²) in [5.41, 5.74) is 0. The molecule has 3 nitrogen and oxygen atoms in total. The highest BCUT2D eigenvalue weighted by Crippen LogP contribution is 2.03. The van der Waals surface area contributed by atoms with Crippen molar-refractivity contribution in [3.05, 3.63) is 24.3 Å². The molecule has 0 aliphatic heterocycles. The standard InChI is InChI=1S/C12H21NO2/c1-4-5-6-7-8-9-10-11-12(14)13(2)15-3/h4-7H,8-11H2,1-3H3/b5-4+,7-6+. The van der Waals surface area contributed by atoms with Crippen LogP contribution < -0.4 is 0 Å². The summed E-state index contributed by atoms with van der Waals surface area (Å²) in [5.74, 6) is 0.0370. The Morgan fingerprint density at radius 1 is 1.33 bits per heavy atom. The summed E-state index contributed by atoms with van der Waals surface area (Å²) in [5, 5.41) is 1.27. The molecular weight excluding hydrogens is 190 g/mol. The molecule has 0 radical (unpaired) electrons. The minimum Gasteiger partial charge on any atom is -0.275 e. The Labute approximate surface area is 92.4 Å². The van der Waals surface area contributed by atoms with E-state index in [0.717, 1.165) is 19.3 Å². The van der Waals surface area contributed by atoms with Gasteiger partial charge < -0.3 is 0 Å². The lowest BCUT2D eigenvalue weighted by atomic mass is 10.2. The molecule has 0 aromatic heterocycles. The smallest absolute Gasteiger partial charge is 0.245 e. The highest BCUT2D eigenvalue weighted by atomic mass is 16.7. The second-order valence-electron chi connectivity index (χ2n) is 3.27. The molecule has 0 aromatic carbocycles. The number of rotatable bonds is 7. The molecule has 0 aliphatic rings. The Bertz CT molecular complexity index is 222. The number of unbranched alkanes of at least 4 members (excludes halogenated alkanes) is 2. The van der Waals surface area contributed by atoms with E-state index in [-0.39, 0.29) is 5.91 Å². The third-order valence-electron chi connectivity index (χ3n) is 2.08. The van der Waals surface area contributed by atoms with Gasteiger partial charge in [-0.15, -0.1) is 0 Å². The molecule has 0 heterocycles. The number of hydrogen-bond donors (Lipinski definition) is 0. The van der Waals surface area contributed by atoms with Crippen molar-refractivity contribution in [2.24, 2.45) is 0 Å². The van der Waals surface area contributed by atoms with Crippen LogP contribution in [-0.2, 0) is 9.63 Å². The number of amides is 1. The van der Waals surface area contributed by atoms with E-state index in [0.29, 0.717) is 6.42 Å². The zero-order valence-corrected chi connectivity index (χ0v) is 9.90. The van der Waals surface area contributed by atoms with Crippen LogP contribution >= 0.6 is 0 Å². The average Bonchev–Trinajstić information content (AvgIpc) is 2.26. The van der Waals surface area contributed by atoms with Crippen molar-refractivity contribution < 1.29 is 9.63 Å². The topological polar surface area (TPSA) is 29.5 Å². The fraction of sp³-hybridized carbons (Fsp3) is 0.583. The fourth-order valence-electron chi connectivity index (χ4n) is 1.08. The predicted octanol–water partition coefficient (Wildman–Crippen LogP) is 2.70. The van der Waals surface area contributed by atoms with Crippen molar-refractivity contribution in [3.63, 3.8) is 0 Å². The molecule has 0 atom stereocenters. The van der Waals surface area contributed by atoms with Gasteiger partial charge in [-0.05, 0) is 26.2 Å². The largest absolute Gasteiger partial charge is 0.275 e. The maximum absolute atomic E-state index is 11.3. The van der Waals surface area contributed by atoms with E-state index in [1.165, 1.54) is 12.2 Å². The summed E-state index contributed by atoms with van der Waals surface area (Å²) in [4.78, 5) is 16.1. The first kappa shape index (κ1) is 13.9. The number of hydroxylamine groups is 2. The molecule has 0 saturated heterocycles. The van der Waals surface area contributed by atoms with Gasteiger partial charge in [-0.2, -0.15) is 0 Å². The van der Waals surface area contributed by atoms with Gasteiger partial charge in [0.05, 0.1) is 7.11 Å². The summed E-state index contributed by atoms with van der Waals surface area (Å²) in [7, 11) is 3.13. The van der Waals surface area contributed by atoms with Crippen LogP contribution in [0.1, 0.15) is 32.6 Å². The molecule has 15 heavy (non-hydrogen) atoms. The molecule has 0 unspecified atom stereocenters. The average molecular weight is 211 g/mol. The van der Waals surface area contributed by atoms with Crippen LogP contribution in [-0.4, -0.2) is 25.1 Å². The quantitative estimate of drug-likeness (QED) is 0.368. The van der Waals surface area contributed by atoms with Gasteiger partial charge in [0.1, 0.15) is 0 Å². The Hall–Kier alpha value is -1.09. The number of carbonyl (C=O) groups excluding carboxylic acids is 1. The summed E-state index contributed by atoms with van der Waals surface area (Å²) < 4.78 is 0. The van der Waals surface area contributed by atoms with Crippen LogP contribution in [0, 0.1) is 0 Å². The molecule has 0 saturated carbocycles. The lowest BCUT2D eigenvalue weighted by molar-refractivity contribution is -0.168. The second kappa shape index (κ2) is 9.46. The van der Waals surface area contributed by atoms with Crippen molar-refractivity contribution in [1.82, 2.24) is 5.06 Å². The minimum absolute atomic E-state index is 0.0370. The van der Waals surface area contributed by atoms with Gasteiger partial charge in [-0.1, -0.05) is 24.3 Å². The molecule has 1 amide bonds. The fourth-order valence-corrected chi connectivity index (χ4v) is 1.08. The SMILES string of the molecule is C/C=C/C=C/CCCCC(=O)N(C)OC. The van der Waals surface area contributed by atoms with E-state index in [1.54, 1.807) is 7.05 Å². The zero-order valence-electron chi connectivity index (χ0n) is 9.90. The van der Waals surface area contributed by atoms with Crippen LogP contribution in [0.2, 0.25) is 0 Å². The first-order chi connectivity index (χ1) is 7.22. The van der Waals surface area contributed by atoms with Gasteiger partial charge in [-0.3, -0.25) is 9.63 Å². The third-order valence-corrected chi connectivity index (χ3v) is 2.08. The van der Waals surface area contributed by atoms with E-state index in [2.05, 4.69) is 6.08 Å². The molecule has 0 rings (SSSR count). The number of allylic oxidation sites excluding steroid dienone is 4. The first-order valence-corrected chi connectivity index (χ1v) is 5.30. The summed E-state index contributed by atoms with van der Waals surface area (Å²) >= 11 is 0. The van der Waals surface area contributed by atoms with Crippen molar-refractivity contribution in [2.75, 3.05) is 14.2 Å². The van der Waals surface area contributed by atoms with Gasteiger partial charge in [0.25, 0.3) is 0 Å². The molecule has 86 valence electrons. The molecular formula is C12H21NO2. The van der Waals surface area contributed by atoms with Crippen LogP contribution in [0.15, 0.2) is 24.3 Å². The van der Waals surface area contributed by atoms with E-state index < -0.39 is 0 Å². The minimum atomic E-state index is 0.0370. The maximum Gasteiger partial charge on any atom is 0.245 e. The Morgan fingerprint density at radius 3 is 2.67 bits per heavy atom. The van der Waals surface area contributed by atoms with Gasteiger partial charge >= 0.3 is 0 Å². The summed E-state index contributed by atoms with van der Waals surface area (Å²) in [6.07, 6.45) is 11.7. The lowest BCUT2D eigenvalue weighted by Crippen LogP contribution is -2.24. The summed E-state index contributed by atoms with van der Waals surface area (Å²) in [6.45, 7) is 1.99. The van der Waals surface area contributed by atoms with Gasteiger partial charge in [0, 0.05) is 13.5 Å². The van der Waals surface area contributed by atoms with Crippen LogP contribution in [0.25, 0.3) is 0 Å². The predicted molar refractivity (Wildman–Crippen MR) is 62.2 cm³/mol. The number of hydrogen-bond acceptors (Lipinski definition) is 2. The molecule has 0 spiro atoms. The normalized spacial score (nSPS) is 11.4. The Kier molecular flexibility index (Phi) is 8.78. The highest BCUT2D eigenvalue weighted by molar-refractivity contribution is 5.74. The molecule has 3 heteroatoms. The maximum atomic E-state index is 11.3. The first-order valence-electron chi connectivity index (χ1n) is 5.30.